The number of aliphatic hydroxyl groups is 1. The van der Waals surface area contributed by atoms with Crippen LogP contribution in [0.25, 0.3) is 0 Å². The normalized spacial score (nSPS) is 28.2. The van der Waals surface area contributed by atoms with Crippen molar-refractivity contribution < 1.29 is 19.3 Å². The SMILES string of the molecule is CC(C)[C@@H]1CC[C@H](C)C[C@H]1OC[C@H](O)CN1CCN(Cc2ccc3c(c2)OCO3)CC1. The number of fused-ring (bicyclic) bond motifs is 1. The summed E-state index contributed by atoms with van der Waals surface area (Å²) < 4.78 is 17.1. The van der Waals surface area contributed by atoms with E-state index >= 15 is 0 Å². The first-order valence-electron chi connectivity index (χ1n) is 12.1. The zero-order valence-corrected chi connectivity index (χ0v) is 19.5. The minimum atomic E-state index is -0.412. The van der Waals surface area contributed by atoms with Crippen molar-refractivity contribution in [1.29, 1.82) is 0 Å². The standard InChI is InChI=1S/C25H40N2O4/c1-18(2)22-6-4-19(3)12-24(22)29-16-21(28)15-27-10-8-26(9-11-27)14-20-5-7-23-25(13-20)31-17-30-23/h5,7,13,18-19,21-22,24,28H,4,6,8-12,14-17H2,1-3H3/t19-,21+,22-,24+/m0/s1. The Morgan fingerprint density at radius 1 is 1.06 bits per heavy atom. The molecule has 0 bridgehead atoms. The highest BCUT2D eigenvalue weighted by Crippen LogP contribution is 2.35. The first-order valence-corrected chi connectivity index (χ1v) is 12.1. The number of benzene rings is 1. The van der Waals surface area contributed by atoms with Crippen molar-refractivity contribution in [2.45, 2.75) is 58.8 Å². The average Bonchev–Trinajstić information content (AvgIpc) is 3.21. The maximum absolute atomic E-state index is 10.6. The molecule has 6 heteroatoms. The summed E-state index contributed by atoms with van der Waals surface area (Å²) in [5.41, 5.74) is 1.26. The third-order valence-corrected chi connectivity index (χ3v) is 7.24. The van der Waals surface area contributed by atoms with Gasteiger partial charge in [0.15, 0.2) is 11.5 Å². The van der Waals surface area contributed by atoms with Crippen molar-refractivity contribution in [2.75, 3.05) is 46.1 Å². The van der Waals surface area contributed by atoms with Crippen LogP contribution in [-0.2, 0) is 11.3 Å². The first-order chi connectivity index (χ1) is 15.0. The van der Waals surface area contributed by atoms with Crippen LogP contribution in [0.1, 0.15) is 45.6 Å². The number of β-amino-alcohol motifs (C(OH)–C–C–N with tert-alkyl or cyclic N) is 1. The Balaban J connectivity index is 1.17. The molecule has 2 fully saturated rings. The minimum absolute atomic E-state index is 0.303. The van der Waals surface area contributed by atoms with Gasteiger partial charge in [0, 0.05) is 39.3 Å². The summed E-state index contributed by atoms with van der Waals surface area (Å²) in [7, 11) is 0. The van der Waals surface area contributed by atoms with Crippen LogP contribution in [0.3, 0.4) is 0 Å². The van der Waals surface area contributed by atoms with Gasteiger partial charge in [-0.25, -0.2) is 0 Å². The summed E-state index contributed by atoms with van der Waals surface area (Å²) in [5.74, 6) is 3.70. The molecule has 1 aromatic carbocycles. The lowest BCUT2D eigenvalue weighted by Gasteiger charge is -2.38. The first kappa shape index (κ1) is 22.8. The van der Waals surface area contributed by atoms with Crippen LogP contribution in [0.4, 0.5) is 0 Å². The van der Waals surface area contributed by atoms with E-state index in [2.05, 4.69) is 42.7 Å². The van der Waals surface area contributed by atoms with Crippen LogP contribution < -0.4 is 9.47 Å². The molecular weight excluding hydrogens is 392 g/mol. The van der Waals surface area contributed by atoms with Gasteiger partial charge in [-0.3, -0.25) is 9.80 Å². The fraction of sp³-hybridized carbons (Fsp3) is 0.760. The molecule has 31 heavy (non-hydrogen) atoms. The molecule has 3 aliphatic rings. The summed E-state index contributed by atoms with van der Waals surface area (Å²) in [6, 6.07) is 6.21. The van der Waals surface area contributed by atoms with Gasteiger partial charge in [-0.1, -0.05) is 33.3 Å². The zero-order chi connectivity index (χ0) is 21.8. The Morgan fingerprint density at radius 3 is 2.58 bits per heavy atom. The lowest BCUT2D eigenvalue weighted by Crippen LogP contribution is -2.49. The van der Waals surface area contributed by atoms with E-state index in [1.54, 1.807) is 0 Å². The fourth-order valence-electron chi connectivity index (χ4n) is 5.32. The molecule has 174 valence electrons. The number of hydrogen-bond acceptors (Lipinski definition) is 6. The van der Waals surface area contributed by atoms with Crippen molar-refractivity contribution in [3.05, 3.63) is 23.8 Å². The fourth-order valence-corrected chi connectivity index (χ4v) is 5.32. The number of nitrogens with zero attached hydrogens (tertiary/aromatic N) is 2. The van der Waals surface area contributed by atoms with Gasteiger partial charge in [0.05, 0.1) is 18.8 Å². The largest absolute Gasteiger partial charge is 0.454 e. The minimum Gasteiger partial charge on any atom is -0.454 e. The van der Waals surface area contributed by atoms with Gasteiger partial charge in [-0.15, -0.1) is 0 Å². The molecule has 4 rings (SSSR count). The van der Waals surface area contributed by atoms with Gasteiger partial charge in [0.1, 0.15) is 0 Å². The molecular formula is C25H40N2O4. The molecule has 0 unspecified atom stereocenters. The number of ether oxygens (including phenoxy) is 3. The lowest BCUT2D eigenvalue weighted by atomic mass is 9.75. The maximum Gasteiger partial charge on any atom is 0.231 e. The van der Waals surface area contributed by atoms with Gasteiger partial charge >= 0.3 is 0 Å². The van der Waals surface area contributed by atoms with E-state index in [0.29, 0.717) is 37.9 Å². The van der Waals surface area contributed by atoms with Crippen molar-refractivity contribution >= 4 is 0 Å². The number of rotatable bonds is 8. The second kappa shape index (κ2) is 10.5. The van der Waals surface area contributed by atoms with Crippen LogP contribution >= 0.6 is 0 Å². The van der Waals surface area contributed by atoms with E-state index in [0.717, 1.165) is 56.6 Å². The Morgan fingerprint density at radius 2 is 1.81 bits per heavy atom. The van der Waals surface area contributed by atoms with Crippen LogP contribution in [0.5, 0.6) is 11.5 Å². The van der Waals surface area contributed by atoms with E-state index < -0.39 is 6.10 Å². The van der Waals surface area contributed by atoms with Gasteiger partial charge < -0.3 is 19.3 Å². The summed E-state index contributed by atoms with van der Waals surface area (Å²) >= 11 is 0. The molecule has 0 radical (unpaired) electrons. The molecule has 1 saturated carbocycles. The van der Waals surface area contributed by atoms with E-state index in [4.69, 9.17) is 14.2 Å². The summed E-state index contributed by atoms with van der Waals surface area (Å²) in [5, 5.41) is 10.6. The molecule has 0 spiro atoms. The van der Waals surface area contributed by atoms with E-state index in [1.165, 1.54) is 18.4 Å². The zero-order valence-electron chi connectivity index (χ0n) is 19.5. The molecule has 2 heterocycles. The quantitative estimate of drug-likeness (QED) is 0.680. The molecule has 0 aromatic heterocycles. The smallest absolute Gasteiger partial charge is 0.231 e. The summed E-state index contributed by atoms with van der Waals surface area (Å²) in [4.78, 5) is 4.83. The second-order valence-corrected chi connectivity index (χ2v) is 10.1. The average molecular weight is 433 g/mol. The van der Waals surface area contributed by atoms with Crippen molar-refractivity contribution in [3.8, 4) is 11.5 Å². The van der Waals surface area contributed by atoms with E-state index in [1.807, 2.05) is 6.07 Å². The topological polar surface area (TPSA) is 54.4 Å². The highest BCUT2D eigenvalue weighted by Gasteiger charge is 2.32. The Labute approximate surface area is 187 Å². The number of piperazine rings is 1. The molecule has 1 saturated heterocycles. The Hall–Kier alpha value is -1.34. The lowest BCUT2D eigenvalue weighted by molar-refractivity contribution is -0.0755. The van der Waals surface area contributed by atoms with Crippen molar-refractivity contribution in [2.24, 2.45) is 17.8 Å². The van der Waals surface area contributed by atoms with Gasteiger partial charge in [-0.2, -0.15) is 0 Å². The van der Waals surface area contributed by atoms with Crippen LogP contribution in [-0.4, -0.2) is 73.2 Å². The van der Waals surface area contributed by atoms with Crippen molar-refractivity contribution in [1.82, 2.24) is 9.80 Å². The molecule has 6 nitrogen and oxygen atoms in total. The second-order valence-electron chi connectivity index (χ2n) is 10.1. The third kappa shape index (κ3) is 6.13. The molecule has 1 N–H and O–H groups in total. The van der Waals surface area contributed by atoms with Crippen LogP contribution in [0.15, 0.2) is 18.2 Å². The summed E-state index contributed by atoms with van der Waals surface area (Å²) in [6.45, 7) is 13.3. The third-order valence-electron chi connectivity index (χ3n) is 7.24. The molecule has 0 amide bonds. The highest BCUT2D eigenvalue weighted by atomic mass is 16.7. The Bertz CT molecular complexity index is 705. The number of aliphatic hydroxyl groups excluding tert-OH is 1. The predicted octanol–water partition coefficient (Wildman–Crippen LogP) is 3.37. The van der Waals surface area contributed by atoms with E-state index in [9.17, 15) is 5.11 Å². The Kier molecular flexibility index (Phi) is 7.75. The molecule has 1 aromatic rings. The van der Waals surface area contributed by atoms with Gasteiger partial charge in [0.25, 0.3) is 0 Å². The monoisotopic (exact) mass is 432 g/mol. The van der Waals surface area contributed by atoms with Crippen molar-refractivity contribution in [3.63, 3.8) is 0 Å². The van der Waals surface area contributed by atoms with E-state index in [-0.39, 0.29) is 0 Å². The molecule has 1 aliphatic carbocycles. The van der Waals surface area contributed by atoms with Gasteiger partial charge in [0.2, 0.25) is 6.79 Å². The summed E-state index contributed by atoms with van der Waals surface area (Å²) in [6.07, 6.45) is 3.59. The van der Waals surface area contributed by atoms with Gasteiger partial charge in [-0.05, 0) is 48.3 Å². The molecule has 4 atom stereocenters. The predicted molar refractivity (Wildman–Crippen MR) is 121 cm³/mol. The highest BCUT2D eigenvalue weighted by molar-refractivity contribution is 5.44. The van der Waals surface area contributed by atoms with Crippen LogP contribution in [0.2, 0.25) is 0 Å². The molecule has 2 aliphatic heterocycles. The van der Waals surface area contributed by atoms with Crippen LogP contribution in [0, 0.1) is 17.8 Å². The number of hydrogen-bond donors (Lipinski definition) is 1. The maximum atomic E-state index is 10.6.